The highest BCUT2D eigenvalue weighted by molar-refractivity contribution is 5.80. The van der Waals surface area contributed by atoms with E-state index >= 15 is 0 Å². The molecule has 9 heavy (non-hydrogen) atoms. The van der Waals surface area contributed by atoms with Crippen molar-refractivity contribution in [3.8, 4) is 0 Å². The Hall–Kier alpha value is -0.650. The minimum absolute atomic E-state index is 0.266. The molecule has 0 bridgehead atoms. The summed E-state index contributed by atoms with van der Waals surface area (Å²) >= 11 is 0. The average molecular weight is 129 g/mol. The Bertz CT molecular complexity index is 131. The van der Waals surface area contributed by atoms with E-state index in [0.29, 0.717) is 0 Å². The SMILES string of the molecule is CC1=NC(N)NC(N)N1. The van der Waals surface area contributed by atoms with Gasteiger partial charge < -0.3 is 5.32 Å². The van der Waals surface area contributed by atoms with Crippen molar-refractivity contribution >= 4 is 5.84 Å². The molecule has 0 radical (unpaired) electrons. The van der Waals surface area contributed by atoms with Crippen molar-refractivity contribution in [3.63, 3.8) is 0 Å². The van der Waals surface area contributed by atoms with Gasteiger partial charge in [0.25, 0.3) is 0 Å². The minimum atomic E-state index is -0.360. The van der Waals surface area contributed by atoms with Crippen LogP contribution in [-0.2, 0) is 0 Å². The van der Waals surface area contributed by atoms with Crippen LogP contribution in [0, 0.1) is 0 Å². The first-order valence-corrected chi connectivity index (χ1v) is 2.76. The second-order valence-corrected chi connectivity index (χ2v) is 1.95. The van der Waals surface area contributed by atoms with Crippen molar-refractivity contribution in [2.24, 2.45) is 16.5 Å². The molecule has 1 rings (SSSR count). The largest absolute Gasteiger partial charge is 0.346 e. The Morgan fingerprint density at radius 1 is 1.56 bits per heavy atom. The lowest BCUT2D eigenvalue weighted by atomic mass is 10.5. The monoisotopic (exact) mass is 129 g/mol. The summed E-state index contributed by atoms with van der Waals surface area (Å²) < 4.78 is 0. The molecule has 0 saturated heterocycles. The Balaban J connectivity index is 2.56. The van der Waals surface area contributed by atoms with Crippen LogP contribution >= 0.6 is 0 Å². The van der Waals surface area contributed by atoms with Crippen molar-refractivity contribution < 1.29 is 0 Å². The Morgan fingerprint density at radius 3 is 2.67 bits per heavy atom. The summed E-state index contributed by atoms with van der Waals surface area (Å²) in [5.74, 6) is 0.772. The summed E-state index contributed by atoms with van der Waals surface area (Å²) in [6.45, 7) is 1.82. The van der Waals surface area contributed by atoms with Gasteiger partial charge in [-0.2, -0.15) is 0 Å². The number of aliphatic imine (C=N–C) groups is 1. The van der Waals surface area contributed by atoms with Crippen molar-refractivity contribution in [1.29, 1.82) is 0 Å². The van der Waals surface area contributed by atoms with Crippen LogP contribution in [0.25, 0.3) is 0 Å². The first kappa shape index (κ1) is 6.47. The smallest absolute Gasteiger partial charge is 0.155 e. The highest BCUT2D eigenvalue weighted by Crippen LogP contribution is 1.85. The first-order chi connectivity index (χ1) is 4.18. The summed E-state index contributed by atoms with van der Waals surface area (Å²) in [6, 6.07) is 0. The minimum Gasteiger partial charge on any atom is -0.346 e. The molecule has 6 N–H and O–H groups in total. The van der Waals surface area contributed by atoms with E-state index in [2.05, 4.69) is 15.6 Å². The molecule has 5 heteroatoms. The molecular weight excluding hydrogens is 118 g/mol. The van der Waals surface area contributed by atoms with E-state index in [9.17, 15) is 0 Å². The second-order valence-electron chi connectivity index (χ2n) is 1.95. The Morgan fingerprint density at radius 2 is 2.22 bits per heavy atom. The number of nitrogens with zero attached hydrogens (tertiary/aromatic N) is 1. The van der Waals surface area contributed by atoms with Gasteiger partial charge in [-0.05, 0) is 6.92 Å². The van der Waals surface area contributed by atoms with Gasteiger partial charge in [-0.25, -0.2) is 4.99 Å². The molecule has 0 fully saturated rings. The van der Waals surface area contributed by atoms with Crippen LogP contribution in [-0.4, -0.2) is 18.4 Å². The van der Waals surface area contributed by atoms with Gasteiger partial charge in [-0.1, -0.05) is 0 Å². The zero-order valence-electron chi connectivity index (χ0n) is 5.26. The molecule has 0 aromatic carbocycles. The van der Waals surface area contributed by atoms with Crippen molar-refractivity contribution in [2.45, 2.75) is 19.5 Å². The molecule has 52 valence electrons. The number of rotatable bonds is 0. The van der Waals surface area contributed by atoms with Crippen LogP contribution in [0.1, 0.15) is 6.92 Å². The lowest BCUT2D eigenvalue weighted by Crippen LogP contribution is -2.60. The maximum Gasteiger partial charge on any atom is 0.155 e. The van der Waals surface area contributed by atoms with Gasteiger partial charge in [0, 0.05) is 0 Å². The van der Waals surface area contributed by atoms with Crippen LogP contribution in [0.5, 0.6) is 0 Å². The molecule has 1 aliphatic heterocycles. The number of amidine groups is 1. The van der Waals surface area contributed by atoms with E-state index in [4.69, 9.17) is 11.5 Å². The van der Waals surface area contributed by atoms with E-state index in [1.165, 1.54) is 0 Å². The van der Waals surface area contributed by atoms with E-state index < -0.39 is 0 Å². The molecule has 2 unspecified atom stereocenters. The summed E-state index contributed by atoms with van der Waals surface area (Å²) in [7, 11) is 0. The third-order valence-corrected chi connectivity index (χ3v) is 1.05. The maximum absolute atomic E-state index is 5.43. The van der Waals surface area contributed by atoms with Gasteiger partial charge in [-0.3, -0.25) is 16.8 Å². The maximum atomic E-state index is 5.43. The normalized spacial score (nSPS) is 35.2. The topological polar surface area (TPSA) is 88.5 Å². The first-order valence-electron chi connectivity index (χ1n) is 2.76. The summed E-state index contributed by atoms with van der Waals surface area (Å²) in [5.41, 5.74) is 10.8. The highest BCUT2D eigenvalue weighted by atomic mass is 15.4. The summed E-state index contributed by atoms with van der Waals surface area (Å²) in [4.78, 5) is 3.93. The predicted molar refractivity (Wildman–Crippen MR) is 35.3 cm³/mol. The third kappa shape index (κ3) is 1.63. The average Bonchev–Trinajstić information content (AvgIpc) is 1.59. The zero-order chi connectivity index (χ0) is 6.85. The highest BCUT2D eigenvalue weighted by Gasteiger charge is 2.11. The van der Waals surface area contributed by atoms with Crippen LogP contribution in [0.4, 0.5) is 0 Å². The van der Waals surface area contributed by atoms with Crippen molar-refractivity contribution in [2.75, 3.05) is 0 Å². The number of nitrogens with one attached hydrogen (secondary N) is 2. The van der Waals surface area contributed by atoms with Gasteiger partial charge >= 0.3 is 0 Å². The van der Waals surface area contributed by atoms with Gasteiger partial charge in [-0.15, -0.1) is 0 Å². The molecule has 5 nitrogen and oxygen atoms in total. The van der Waals surface area contributed by atoms with Crippen LogP contribution in [0.2, 0.25) is 0 Å². The molecule has 1 heterocycles. The lowest BCUT2D eigenvalue weighted by molar-refractivity contribution is 0.405. The number of hydrogen-bond acceptors (Lipinski definition) is 5. The molecule has 0 aromatic rings. The molecule has 0 saturated carbocycles. The molecule has 1 aliphatic rings. The lowest BCUT2D eigenvalue weighted by Gasteiger charge is -2.24. The fourth-order valence-corrected chi connectivity index (χ4v) is 0.734. The quantitative estimate of drug-likeness (QED) is 0.307. The van der Waals surface area contributed by atoms with E-state index in [1.807, 2.05) is 6.92 Å². The van der Waals surface area contributed by atoms with E-state index in [1.54, 1.807) is 0 Å². The third-order valence-electron chi connectivity index (χ3n) is 1.05. The second kappa shape index (κ2) is 2.30. The summed E-state index contributed by atoms with van der Waals surface area (Å²) in [6.07, 6.45) is -0.626. The Kier molecular flexibility index (Phi) is 1.65. The van der Waals surface area contributed by atoms with Crippen LogP contribution in [0.15, 0.2) is 4.99 Å². The fraction of sp³-hybridized carbons (Fsp3) is 0.750. The van der Waals surface area contributed by atoms with Crippen LogP contribution in [0.3, 0.4) is 0 Å². The standard InChI is InChI=1S/C4H11N5/c1-2-7-3(5)9-4(6)8-2/h3-4,9H,5-6H2,1H3,(H,7,8). The molecule has 0 aromatic heterocycles. The predicted octanol–water partition coefficient (Wildman–Crippen LogP) is -1.92. The molecule has 0 aliphatic carbocycles. The number of nitrogens with two attached hydrogens (primary N) is 2. The van der Waals surface area contributed by atoms with Gasteiger partial charge in [0.05, 0.1) is 5.84 Å². The fourth-order valence-electron chi connectivity index (χ4n) is 0.734. The summed E-state index contributed by atoms with van der Waals surface area (Å²) in [5, 5.41) is 5.61. The molecule has 0 amide bonds. The molecule has 2 atom stereocenters. The van der Waals surface area contributed by atoms with E-state index in [0.717, 1.165) is 5.84 Å². The van der Waals surface area contributed by atoms with Crippen molar-refractivity contribution in [1.82, 2.24) is 10.6 Å². The van der Waals surface area contributed by atoms with Gasteiger partial charge in [0.1, 0.15) is 6.29 Å². The van der Waals surface area contributed by atoms with Gasteiger partial charge in [0.2, 0.25) is 0 Å². The van der Waals surface area contributed by atoms with Crippen molar-refractivity contribution in [3.05, 3.63) is 0 Å². The van der Waals surface area contributed by atoms with E-state index in [-0.39, 0.29) is 12.6 Å². The Labute approximate surface area is 53.5 Å². The zero-order valence-corrected chi connectivity index (χ0v) is 5.26. The number of hydrogen-bond donors (Lipinski definition) is 4. The molecular formula is C4H11N5. The van der Waals surface area contributed by atoms with Crippen LogP contribution < -0.4 is 22.1 Å². The van der Waals surface area contributed by atoms with Gasteiger partial charge in [0.15, 0.2) is 6.29 Å². The molecule has 0 spiro atoms.